The lowest BCUT2D eigenvalue weighted by Gasteiger charge is -2.28. The summed E-state index contributed by atoms with van der Waals surface area (Å²) in [4.78, 5) is 12.6. The first-order valence-electron chi connectivity index (χ1n) is 9.18. The molecule has 0 spiro atoms. The summed E-state index contributed by atoms with van der Waals surface area (Å²) in [6.07, 6.45) is 0.286. The van der Waals surface area contributed by atoms with Gasteiger partial charge in [0, 0.05) is 12.0 Å². The number of sulfonamides is 1. The quantitative estimate of drug-likeness (QED) is 0.847. The average molecular weight is 405 g/mol. The first-order chi connectivity index (χ1) is 13.0. The van der Waals surface area contributed by atoms with Gasteiger partial charge in [-0.2, -0.15) is 0 Å². The second-order valence-corrected chi connectivity index (χ2v) is 10.1. The van der Waals surface area contributed by atoms with Gasteiger partial charge in [0.15, 0.2) is 0 Å². The molecule has 0 aliphatic carbocycles. The highest BCUT2D eigenvalue weighted by Gasteiger charge is 2.39. The molecule has 1 amide bonds. The van der Waals surface area contributed by atoms with Crippen molar-refractivity contribution in [1.29, 1.82) is 0 Å². The standard InChI is InChI=1S/C21H25FN2O3S/c1-14-5-8-18(9-6-14)28(26,27)24-17(13-20(25)23-21(2,3)4)12-15-11-16(22)7-10-19(15)24/h5-11,17H,12-13H2,1-4H3,(H,23,25). The number of halogens is 1. The summed E-state index contributed by atoms with van der Waals surface area (Å²) in [5.41, 5.74) is 1.54. The van der Waals surface area contributed by atoms with E-state index in [1.54, 1.807) is 24.3 Å². The highest BCUT2D eigenvalue weighted by atomic mass is 32.2. The van der Waals surface area contributed by atoms with Crippen molar-refractivity contribution >= 4 is 21.6 Å². The second kappa shape index (κ2) is 7.20. The zero-order valence-electron chi connectivity index (χ0n) is 16.5. The smallest absolute Gasteiger partial charge is 0.264 e. The molecule has 28 heavy (non-hydrogen) atoms. The molecule has 3 rings (SSSR count). The first kappa shape index (κ1) is 20.3. The third-order valence-corrected chi connectivity index (χ3v) is 6.46. The molecule has 1 unspecified atom stereocenters. The number of hydrogen-bond donors (Lipinski definition) is 1. The minimum absolute atomic E-state index is 0.00133. The van der Waals surface area contributed by atoms with Crippen LogP contribution < -0.4 is 9.62 Å². The van der Waals surface area contributed by atoms with E-state index in [1.165, 1.54) is 22.5 Å². The Kier molecular flexibility index (Phi) is 5.23. The van der Waals surface area contributed by atoms with E-state index in [9.17, 15) is 17.6 Å². The number of carbonyl (C=O) groups is 1. The number of nitrogens with zero attached hydrogens (tertiary/aromatic N) is 1. The lowest BCUT2D eigenvalue weighted by atomic mass is 10.1. The van der Waals surface area contributed by atoms with E-state index in [0.717, 1.165) is 5.56 Å². The Morgan fingerprint density at radius 2 is 1.82 bits per heavy atom. The molecule has 1 aliphatic heterocycles. The Morgan fingerprint density at radius 3 is 2.43 bits per heavy atom. The summed E-state index contributed by atoms with van der Waals surface area (Å²) < 4.78 is 41.7. The maximum Gasteiger partial charge on any atom is 0.264 e. The van der Waals surface area contributed by atoms with Gasteiger partial charge >= 0.3 is 0 Å². The molecule has 1 N–H and O–H groups in total. The molecule has 0 aromatic heterocycles. The maximum absolute atomic E-state index is 13.7. The second-order valence-electron chi connectivity index (χ2n) is 8.25. The van der Waals surface area contributed by atoms with Crippen LogP contribution in [-0.2, 0) is 21.2 Å². The van der Waals surface area contributed by atoms with Crippen molar-refractivity contribution in [3.8, 4) is 0 Å². The fraction of sp³-hybridized carbons (Fsp3) is 0.381. The van der Waals surface area contributed by atoms with Gasteiger partial charge in [0.25, 0.3) is 10.0 Å². The van der Waals surface area contributed by atoms with Crippen LogP contribution in [0.3, 0.4) is 0 Å². The monoisotopic (exact) mass is 404 g/mol. The molecule has 0 fully saturated rings. The third-order valence-electron chi connectivity index (χ3n) is 4.58. The topological polar surface area (TPSA) is 66.5 Å². The summed E-state index contributed by atoms with van der Waals surface area (Å²) in [6.45, 7) is 7.48. The maximum atomic E-state index is 13.7. The summed E-state index contributed by atoms with van der Waals surface area (Å²) in [5, 5.41) is 2.87. The van der Waals surface area contributed by atoms with Crippen LogP contribution in [0.5, 0.6) is 0 Å². The molecule has 0 saturated heterocycles. The van der Waals surface area contributed by atoms with Crippen LogP contribution in [0.25, 0.3) is 0 Å². The highest BCUT2D eigenvalue weighted by Crippen LogP contribution is 2.38. The number of carbonyl (C=O) groups excluding carboxylic acids is 1. The lowest BCUT2D eigenvalue weighted by Crippen LogP contribution is -2.45. The van der Waals surface area contributed by atoms with Gasteiger partial charge < -0.3 is 5.32 Å². The molecule has 7 heteroatoms. The minimum atomic E-state index is -3.89. The van der Waals surface area contributed by atoms with Crippen molar-refractivity contribution in [2.45, 2.75) is 57.0 Å². The van der Waals surface area contributed by atoms with Crippen molar-refractivity contribution in [2.24, 2.45) is 0 Å². The number of rotatable bonds is 4. The molecule has 0 saturated carbocycles. The number of fused-ring (bicyclic) bond motifs is 1. The van der Waals surface area contributed by atoms with Crippen molar-refractivity contribution in [3.63, 3.8) is 0 Å². The fourth-order valence-electron chi connectivity index (χ4n) is 3.45. The highest BCUT2D eigenvalue weighted by molar-refractivity contribution is 7.92. The number of amides is 1. The predicted molar refractivity (Wildman–Crippen MR) is 107 cm³/mol. The first-order valence-corrected chi connectivity index (χ1v) is 10.6. The molecule has 0 radical (unpaired) electrons. The van der Waals surface area contributed by atoms with Gasteiger partial charge in [-0.1, -0.05) is 17.7 Å². The van der Waals surface area contributed by atoms with Crippen LogP contribution in [0.2, 0.25) is 0 Å². The number of hydrogen-bond acceptors (Lipinski definition) is 3. The van der Waals surface area contributed by atoms with E-state index in [1.807, 2.05) is 27.7 Å². The van der Waals surface area contributed by atoms with Gasteiger partial charge in [-0.05, 0) is 70.0 Å². The van der Waals surface area contributed by atoms with E-state index in [0.29, 0.717) is 11.3 Å². The van der Waals surface area contributed by atoms with Gasteiger partial charge in [-0.15, -0.1) is 0 Å². The normalized spacial score (nSPS) is 16.8. The Morgan fingerprint density at radius 1 is 1.18 bits per heavy atom. The lowest BCUT2D eigenvalue weighted by molar-refractivity contribution is -0.122. The predicted octanol–water partition coefficient (Wildman–Crippen LogP) is 3.56. The van der Waals surface area contributed by atoms with E-state index < -0.39 is 27.4 Å². The van der Waals surface area contributed by atoms with Crippen molar-refractivity contribution in [2.75, 3.05) is 4.31 Å². The summed E-state index contributed by atoms with van der Waals surface area (Å²) in [7, 11) is -3.89. The summed E-state index contributed by atoms with van der Waals surface area (Å²) in [5.74, 6) is -0.666. The zero-order valence-corrected chi connectivity index (χ0v) is 17.3. The number of anilines is 1. The Bertz CT molecular complexity index is 995. The average Bonchev–Trinajstić information content (AvgIpc) is 2.90. The third kappa shape index (κ3) is 4.19. The molecule has 1 aliphatic rings. The molecule has 1 atom stereocenters. The van der Waals surface area contributed by atoms with Gasteiger partial charge in [0.1, 0.15) is 5.82 Å². The largest absolute Gasteiger partial charge is 0.351 e. The van der Waals surface area contributed by atoms with E-state index >= 15 is 0 Å². The van der Waals surface area contributed by atoms with Crippen LogP contribution >= 0.6 is 0 Å². The van der Waals surface area contributed by atoms with E-state index in [2.05, 4.69) is 5.32 Å². The Hall–Kier alpha value is -2.41. The molecule has 0 bridgehead atoms. The van der Waals surface area contributed by atoms with Crippen molar-refractivity contribution < 1.29 is 17.6 Å². The molecule has 1 heterocycles. The summed E-state index contributed by atoms with van der Waals surface area (Å²) >= 11 is 0. The van der Waals surface area contributed by atoms with Gasteiger partial charge in [-0.25, -0.2) is 12.8 Å². The van der Waals surface area contributed by atoms with Crippen LogP contribution in [-0.4, -0.2) is 25.9 Å². The minimum Gasteiger partial charge on any atom is -0.351 e. The molecule has 2 aromatic rings. The molecule has 150 valence electrons. The van der Waals surface area contributed by atoms with Crippen molar-refractivity contribution in [3.05, 3.63) is 59.4 Å². The molecular weight excluding hydrogens is 379 g/mol. The van der Waals surface area contributed by atoms with Crippen molar-refractivity contribution in [1.82, 2.24) is 5.32 Å². The van der Waals surface area contributed by atoms with Crippen LogP contribution in [0, 0.1) is 12.7 Å². The number of aryl methyl sites for hydroxylation is 1. The van der Waals surface area contributed by atoms with Gasteiger partial charge in [0.2, 0.25) is 5.91 Å². The molecular formula is C21H25FN2O3S. The summed E-state index contributed by atoms with van der Waals surface area (Å²) in [6, 6.07) is 10.0. The van der Waals surface area contributed by atoms with Gasteiger partial charge in [-0.3, -0.25) is 9.10 Å². The van der Waals surface area contributed by atoms with Crippen LogP contribution in [0.1, 0.15) is 38.3 Å². The van der Waals surface area contributed by atoms with Gasteiger partial charge in [0.05, 0.1) is 16.6 Å². The van der Waals surface area contributed by atoms with Crippen LogP contribution in [0.15, 0.2) is 47.4 Å². The van der Waals surface area contributed by atoms with E-state index in [4.69, 9.17) is 0 Å². The Balaban J connectivity index is 2.00. The fourth-order valence-corrected chi connectivity index (χ4v) is 5.14. The SMILES string of the molecule is Cc1ccc(S(=O)(=O)N2c3ccc(F)cc3CC2CC(=O)NC(C)(C)C)cc1. The van der Waals surface area contributed by atoms with E-state index in [-0.39, 0.29) is 23.6 Å². The Labute approximate surface area is 165 Å². The number of benzene rings is 2. The molecule has 5 nitrogen and oxygen atoms in total. The van der Waals surface area contributed by atoms with Crippen LogP contribution in [0.4, 0.5) is 10.1 Å². The molecule has 2 aromatic carbocycles. The number of nitrogens with one attached hydrogen (secondary N) is 1. The zero-order chi connectivity index (χ0) is 20.7.